The van der Waals surface area contributed by atoms with Crippen molar-refractivity contribution in [2.24, 2.45) is 0 Å². The molecule has 1 N–H and O–H groups in total. The second kappa shape index (κ2) is 13.4. The van der Waals surface area contributed by atoms with Crippen LogP contribution in [0, 0.1) is 0 Å². The standard InChI is InChI=1S/C32H36O4/c1-5-34-25(2)35-30-18-14-26(15-19-30)8-6-7-9-27-16-20-31(21-17-27)36-32(3,4)24-29-12-10-28(11-13-29)22-23-33/h6-23,25,33H,5,24H2,1-4H3. The first-order valence-corrected chi connectivity index (χ1v) is 12.3. The van der Waals surface area contributed by atoms with Crippen LogP contribution in [0.1, 0.15) is 49.9 Å². The second-order valence-electron chi connectivity index (χ2n) is 9.09. The lowest BCUT2D eigenvalue weighted by atomic mass is 9.97. The topological polar surface area (TPSA) is 47.9 Å². The number of aliphatic hydroxyl groups excluding tert-OH is 1. The fraction of sp³-hybridized carbons (Fsp3) is 0.250. The van der Waals surface area contributed by atoms with Gasteiger partial charge in [0.15, 0.2) is 6.29 Å². The lowest BCUT2D eigenvalue weighted by Gasteiger charge is -2.27. The Morgan fingerprint density at radius 3 is 1.78 bits per heavy atom. The molecule has 0 spiro atoms. The molecule has 0 aliphatic heterocycles. The Labute approximate surface area is 215 Å². The van der Waals surface area contributed by atoms with Crippen LogP contribution in [-0.4, -0.2) is 23.6 Å². The van der Waals surface area contributed by atoms with Crippen molar-refractivity contribution in [1.29, 1.82) is 0 Å². The minimum absolute atomic E-state index is 0.254. The molecule has 1 unspecified atom stereocenters. The van der Waals surface area contributed by atoms with Gasteiger partial charge in [-0.25, -0.2) is 0 Å². The van der Waals surface area contributed by atoms with Gasteiger partial charge >= 0.3 is 0 Å². The summed E-state index contributed by atoms with van der Waals surface area (Å²) in [6, 6.07) is 24.1. The van der Waals surface area contributed by atoms with Crippen LogP contribution in [0.15, 0.2) is 91.2 Å². The third-order valence-corrected chi connectivity index (χ3v) is 5.42. The minimum Gasteiger partial charge on any atom is -0.516 e. The first-order valence-electron chi connectivity index (χ1n) is 12.3. The normalized spacial score (nSPS) is 13.0. The van der Waals surface area contributed by atoms with Gasteiger partial charge in [0.1, 0.15) is 17.1 Å². The summed E-state index contributed by atoms with van der Waals surface area (Å²) >= 11 is 0. The van der Waals surface area contributed by atoms with E-state index >= 15 is 0 Å². The molecule has 0 saturated heterocycles. The molecule has 0 heterocycles. The van der Waals surface area contributed by atoms with Crippen LogP contribution < -0.4 is 9.47 Å². The van der Waals surface area contributed by atoms with E-state index in [1.54, 1.807) is 6.08 Å². The van der Waals surface area contributed by atoms with Crippen LogP contribution in [-0.2, 0) is 11.2 Å². The predicted molar refractivity (Wildman–Crippen MR) is 149 cm³/mol. The van der Waals surface area contributed by atoms with Gasteiger partial charge in [-0.1, -0.05) is 72.8 Å². The zero-order valence-electron chi connectivity index (χ0n) is 21.6. The fourth-order valence-corrected chi connectivity index (χ4v) is 3.78. The molecule has 0 bridgehead atoms. The zero-order valence-corrected chi connectivity index (χ0v) is 21.6. The van der Waals surface area contributed by atoms with E-state index in [2.05, 4.69) is 50.3 Å². The van der Waals surface area contributed by atoms with Crippen LogP contribution >= 0.6 is 0 Å². The summed E-state index contributed by atoms with van der Waals surface area (Å²) in [5.41, 5.74) is 4.00. The number of aliphatic hydroxyl groups is 1. The third kappa shape index (κ3) is 9.12. The Morgan fingerprint density at radius 2 is 1.25 bits per heavy atom. The maximum Gasteiger partial charge on any atom is 0.196 e. The highest BCUT2D eigenvalue weighted by Gasteiger charge is 2.20. The van der Waals surface area contributed by atoms with E-state index in [4.69, 9.17) is 19.3 Å². The van der Waals surface area contributed by atoms with E-state index in [1.807, 2.05) is 74.5 Å². The highest BCUT2D eigenvalue weighted by molar-refractivity contribution is 5.58. The van der Waals surface area contributed by atoms with Crippen molar-refractivity contribution < 1.29 is 19.3 Å². The minimum atomic E-state index is -0.351. The molecular formula is C32H36O4. The molecule has 0 aliphatic carbocycles. The van der Waals surface area contributed by atoms with Crippen LogP contribution in [0.25, 0.3) is 18.2 Å². The molecule has 3 aromatic carbocycles. The molecule has 0 aliphatic rings. The van der Waals surface area contributed by atoms with Gasteiger partial charge in [0, 0.05) is 13.0 Å². The van der Waals surface area contributed by atoms with Crippen LogP contribution in [0.5, 0.6) is 11.5 Å². The SMILES string of the molecule is CCOC(C)Oc1ccc(C=CC=Cc2ccc(OC(C)(C)Cc3ccc(C=CO)cc3)cc2)cc1. The van der Waals surface area contributed by atoms with Gasteiger partial charge in [-0.3, -0.25) is 0 Å². The highest BCUT2D eigenvalue weighted by atomic mass is 16.7. The van der Waals surface area contributed by atoms with Crippen molar-refractivity contribution in [3.05, 3.63) is 113 Å². The number of ether oxygens (including phenoxy) is 3. The van der Waals surface area contributed by atoms with Crippen LogP contribution in [0.4, 0.5) is 0 Å². The molecule has 4 heteroatoms. The fourth-order valence-electron chi connectivity index (χ4n) is 3.78. The molecule has 188 valence electrons. The smallest absolute Gasteiger partial charge is 0.196 e. The Morgan fingerprint density at radius 1 is 0.750 bits per heavy atom. The maximum absolute atomic E-state index is 8.89. The predicted octanol–water partition coefficient (Wildman–Crippen LogP) is 8.10. The average molecular weight is 485 g/mol. The first-order chi connectivity index (χ1) is 17.4. The van der Waals surface area contributed by atoms with Gasteiger partial charge in [-0.15, -0.1) is 0 Å². The Hall–Kier alpha value is -3.76. The van der Waals surface area contributed by atoms with Gasteiger partial charge in [0.2, 0.25) is 0 Å². The summed E-state index contributed by atoms with van der Waals surface area (Å²) in [6.07, 6.45) is 11.4. The number of hydrogen-bond acceptors (Lipinski definition) is 4. The van der Waals surface area contributed by atoms with Crippen LogP contribution in [0.2, 0.25) is 0 Å². The molecule has 36 heavy (non-hydrogen) atoms. The number of rotatable bonds is 12. The van der Waals surface area contributed by atoms with Gasteiger partial charge in [-0.05, 0) is 80.3 Å². The maximum atomic E-state index is 8.89. The molecule has 0 amide bonds. The highest BCUT2D eigenvalue weighted by Crippen LogP contribution is 2.23. The molecular weight excluding hydrogens is 448 g/mol. The monoisotopic (exact) mass is 484 g/mol. The lowest BCUT2D eigenvalue weighted by molar-refractivity contribution is -0.0613. The van der Waals surface area contributed by atoms with Crippen molar-refractivity contribution in [1.82, 2.24) is 0 Å². The molecule has 4 nitrogen and oxygen atoms in total. The van der Waals surface area contributed by atoms with Crippen molar-refractivity contribution in [3.63, 3.8) is 0 Å². The van der Waals surface area contributed by atoms with E-state index in [9.17, 15) is 0 Å². The van der Waals surface area contributed by atoms with Gasteiger partial charge in [0.05, 0.1) is 6.26 Å². The largest absolute Gasteiger partial charge is 0.516 e. The van der Waals surface area contributed by atoms with Gasteiger partial charge in [0.25, 0.3) is 0 Å². The van der Waals surface area contributed by atoms with E-state index in [0.717, 1.165) is 40.9 Å². The van der Waals surface area contributed by atoms with Gasteiger partial charge in [-0.2, -0.15) is 0 Å². The number of allylic oxidation sites excluding steroid dienone is 2. The molecule has 1 atom stereocenters. The lowest BCUT2D eigenvalue weighted by Crippen LogP contribution is -2.30. The summed E-state index contributed by atoms with van der Waals surface area (Å²) in [7, 11) is 0. The average Bonchev–Trinajstić information content (AvgIpc) is 2.85. The summed E-state index contributed by atoms with van der Waals surface area (Å²) in [6.45, 7) is 8.65. The number of hydrogen-bond donors (Lipinski definition) is 1. The van der Waals surface area contributed by atoms with E-state index < -0.39 is 0 Å². The van der Waals surface area contributed by atoms with Crippen molar-refractivity contribution in [2.45, 2.75) is 46.0 Å². The molecule has 3 aromatic rings. The Bertz CT molecular complexity index is 1140. The number of benzene rings is 3. The van der Waals surface area contributed by atoms with Crippen molar-refractivity contribution >= 4 is 18.2 Å². The summed E-state index contributed by atoms with van der Waals surface area (Å²) < 4.78 is 17.4. The molecule has 0 radical (unpaired) electrons. The van der Waals surface area contributed by atoms with Crippen molar-refractivity contribution in [3.8, 4) is 11.5 Å². The molecule has 0 fully saturated rings. The first kappa shape index (κ1) is 26.8. The van der Waals surface area contributed by atoms with Gasteiger partial charge < -0.3 is 19.3 Å². The zero-order chi connectivity index (χ0) is 25.8. The Balaban J connectivity index is 1.50. The van der Waals surface area contributed by atoms with E-state index in [-0.39, 0.29) is 11.9 Å². The molecule has 0 saturated carbocycles. The van der Waals surface area contributed by atoms with E-state index in [1.165, 1.54) is 5.56 Å². The quantitative estimate of drug-likeness (QED) is 0.160. The summed E-state index contributed by atoms with van der Waals surface area (Å²) in [5.74, 6) is 1.64. The third-order valence-electron chi connectivity index (χ3n) is 5.42. The summed E-state index contributed by atoms with van der Waals surface area (Å²) in [5, 5.41) is 8.89. The van der Waals surface area contributed by atoms with Crippen LogP contribution in [0.3, 0.4) is 0 Å². The molecule has 0 aromatic heterocycles. The van der Waals surface area contributed by atoms with Crippen molar-refractivity contribution in [2.75, 3.05) is 6.61 Å². The Kier molecular flexibility index (Phi) is 9.96. The summed E-state index contributed by atoms with van der Waals surface area (Å²) in [4.78, 5) is 0. The second-order valence-corrected chi connectivity index (χ2v) is 9.09. The molecule has 3 rings (SSSR count). The van der Waals surface area contributed by atoms with E-state index in [0.29, 0.717) is 6.61 Å².